The molecular formula is C29H32N2O3. The fourth-order valence-electron chi connectivity index (χ4n) is 4.92. The van der Waals surface area contributed by atoms with Gasteiger partial charge in [-0.15, -0.1) is 5.92 Å². The average molecular weight is 457 g/mol. The van der Waals surface area contributed by atoms with Crippen molar-refractivity contribution in [2.24, 2.45) is 5.92 Å². The molecule has 34 heavy (non-hydrogen) atoms. The van der Waals surface area contributed by atoms with E-state index in [9.17, 15) is 14.7 Å². The van der Waals surface area contributed by atoms with Crippen LogP contribution in [0.4, 0.5) is 0 Å². The van der Waals surface area contributed by atoms with E-state index in [1.165, 1.54) is 32.1 Å². The molecule has 4 rings (SSSR count). The fourth-order valence-corrected chi connectivity index (χ4v) is 4.92. The highest BCUT2D eigenvalue weighted by atomic mass is 16.4. The zero-order valence-corrected chi connectivity index (χ0v) is 19.8. The molecule has 0 aliphatic heterocycles. The van der Waals surface area contributed by atoms with Gasteiger partial charge in [-0.05, 0) is 42.0 Å². The SMILES string of the molecule is CC#CCc1cn(CCC2CCCCC2)c(=O)n1Cc1ccc(-c2ccccc2C(=O)O)cc1. The number of aromatic carboxylic acids is 1. The number of carbonyl (C=O) groups is 1. The maximum atomic E-state index is 13.3. The number of hydrogen-bond acceptors (Lipinski definition) is 2. The first-order valence-electron chi connectivity index (χ1n) is 12.2. The summed E-state index contributed by atoms with van der Waals surface area (Å²) < 4.78 is 3.68. The first-order valence-corrected chi connectivity index (χ1v) is 12.2. The predicted molar refractivity (Wildman–Crippen MR) is 135 cm³/mol. The Bertz CT molecular complexity index is 1250. The van der Waals surface area contributed by atoms with E-state index in [1.807, 2.05) is 58.7 Å². The van der Waals surface area contributed by atoms with E-state index in [0.29, 0.717) is 18.5 Å². The van der Waals surface area contributed by atoms with Gasteiger partial charge < -0.3 is 5.11 Å². The normalized spacial score (nSPS) is 13.9. The molecule has 0 saturated heterocycles. The molecular weight excluding hydrogens is 424 g/mol. The molecule has 1 aliphatic carbocycles. The molecule has 0 spiro atoms. The minimum Gasteiger partial charge on any atom is -0.478 e. The van der Waals surface area contributed by atoms with E-state index < -0.39 is 5.97 Å². The molecule has 5 heteroatoms. The maximum Gasteiger partial charge on any atom is 0.336 e. The number of nitrogens with zero attached hydrogens (tertiary/aromatic N) is 2. The molecule has 3 aromatic rings. The van der Waals surface area contributed by atoms with E-state index >= 15 is 0 Å². The largest absolute Gasteiger partial charge is 0.478 e. The van der Waals surface area contributed by atoms with Gasteiger partial charge in [0, 0.05) is 12.7 Å². The monoisotopic (exact) mass is 456 g/mol. The summed E-state index contributed by atoms with van der Waals surface area (Å²) in [4.78, 5) is 24.8. The first kappa shape index (κ1) is 23.6. The quantitative estimate of drug-likeness (QED) is 0.449. The molecule has 0 unspecified atom stereocenters. The smallest absolute Gasteiger partial charge is 0.336 e. The number of imidazole rings is 1. The Morgan fingerprint density at radius 3 is 2.50 bits per heavy atom. The van der Waals surface area contributed by atoms with Gasteiger partial charge in [0.25, 0.3) is 0 Å². The van der Waals surface area contributed by atoms with Crippen molar-refractivity contribution >= 4 is 5.97 Å². The standard InChI is InChI=1S/C29H32N2O3/c1-2-3-11-25-21-30(19-18-22-9-5-4-6-10-22)29(34)31(25)20-23-14-16-24(17-15-23)26-12-7-8-13-27(26)28(32)33/h7-8,12-17,21-22H,4-6,9-11,18-20H2,1H3,(H,32,33). The molecule has 1 saturated carbocycles. The molecule has 5 nitrogen and oxygen atoms in total. The Kier molecular flexibility index (Phi) is 7.69. The van der Waals surface area contributed by atoms with Crippen LogP contribution >= 0.6 is 0 Å². The van der Waals surface area contributed by atoms with E-state index in [0.717, 1.165) is 35.7 Å². The molecule has 1 heterocycles. The lowest BCUT2D eigenvalue weighted by molar-refractivity contribution is 0.0697. The number of aromatic nitrogens is 2. The number of aryl methyl sites for hydroxylation is 1. The van der Waals surface area contributed by atoms with E-state index in [2.05, 4.69) is 11.8 Å². The van der Waals surface area contributed by atoms with Crippen LogP contribution in [0.15, 0.2) is 59.5 Å². The Morgan fingerprint density at radius 2 is 1.79 bits per heavy atom. The van der Waals surface area contributed by atoms with Crippen molar-refractivity contribution in [3.8, 4) is 23.0 Å². The Hall–Kier alpha value is -3.52. The molecule has 0 radical (unpaired) electrons. The number of carboxylic acids is 1. The Balaban J connectivity index is 1.55. The van der Waals surface area contributed by atoms with Crippen LogP contribution < -0.4 is 5.69 Å². The molecule has 1 fully saturated rings. The summed E-state index contributed by atoms with van der Waals surface area (Å²) in [7, 11) is 0. The maximum absolute atomic E-state index is 13.3. The van der Waals surface area contributed by atoms with Crippen molar-refractivity contribution in [3.63, 3.8) is 0 Å². The number of carboxylic acid groups (broad SMARTS) is 1. The summed E-state index contributed by atoms with van der Waals surface area (Å²) in [5.41, 5.74) is 3.76. The zero-order chi connectivity index (χ0) is 23.9. The molecule has 1 aromatic heterocycles. The number of hydrogen-bond donors (Lipinski definition) is 1. The van der Waals surface area contributed by atoms with E-state index in [-0.39, 0.29) is 11.3 Å². The minimum absolute atomic E-state index is 0.0176. The molecule has 2 aromatic carbocycles. The highest BCUT2D eigenvalue weighted by Gasteiger charge is 2.16. The van der Waals surface area contributed by atoms with Crippen LogP contribution in [-0.2, 0) is 19.5 Å². The number of benzene rings is 2. The number of rotatable bonds is 8. The van der Waals surface area contributed by atoms with Gasteiger partial charge in [-0.3, -0.25) is 9.13 Å². The summed E-state index contributed by atoms with van der Waals surface area (Å²) in [6.45, 7) is 3.04. The third-order valence-electron chi connectivity index (χ3n) is 6.84. The van der Waals surface area contributed by atoms with Gasteiger partial charge >= 0.3 is 11.7 Å². The van der Waals surface area contributed by atoms with Crippen molar-refractivity contribution in [1.29, 1.82) is 0 Å². The van der Waals surface area contributed by atoms with Gasteiger partial charge in [-0.2, -0.15) is 0 Å². The second kappa shape index (κ2) is 11.1. The highest BCUT2D eigenvalue weighted by Crippen LogP contribution is 2.27. The topological polar surface area (TPSA) is 64.2 Å². The van der Waals surface area contributed by atoms with E-state index in [1.54, 1.807) is 12.1 Å². The second-order valence-corrected chi connectivity index (χ2v) is 9.13. The molecule has 176 valence electrons. The Labute approximate surface area is 201 Å². The average Bonchev–Trinajstić information content (AvgIpc) is 3.16. The van der Waals surface area contributed by atoms with Crippen LogP contribution in [0, 0.1) is 17.8 Å². The van der Waals surface area contributed by atoms with Crippen LogP contribution in [0.2, 0.25) is 0 Å². The summed E-state index contributed by atoms with van der Waals surface area (Å²) >= 11 is 0. The van der Waals surface area contributed by atoms with Crippen LogP contribution in [-0.4, -0.2) is 20.2 Å². The van der Waals surface area contributed by atoms with Crippen molar-refractivity contribution in [1.82, 2.24) is 9.13 Å². The van der Waals surface area contributed by atoms with Crippen LogP contribution in [0.3, 0.4) is 0 Å². The highest BCUT2D eigenvalue weighted by molar-refractivity contribution is 5.95. The van der Waals surface area contributed by atoms with Gasteiger partial charge in [0.2, 0.25) is 0 Å². The minimum atomic E-state index is -0.942. The summed E-state index contributed by atoms with van der Waals surface area (Å²) in [5, 5.41) is 9.49. The van der Waals surface area contributed by atoms with E-state index in [4.69, 9.17) is 0 Å². The first-order chi connectivity index (χ1) is 16.6. The van der Waals surface area contributed by atoms with Crippen molar-refractivity contribution in [2.75, 3.05) is 0 Å². The third-order valence-corrected chi connectivity index (χ3v) is 6.84. The lowest BCUT2D eigenvalue weighted by Crippen LogP contribution is -2.26. The van der Waals surface area contributed by atoms with Gasteiger partial charge in [0.1, 0.15) is 0 Å². The van der Waals surface area contributed by atoms with Gasteiger partial charge in [0.05, 0.1) is 24.2 Å². The van der Waals surface area contributed by atoms with Crippen LogP contribution in [0.1, 0.15) is 67.1 Å². The molecule has 0 amide bonds. The Morgan fingerprint density at radius 1 is 1.06 bits per heavy atom. The van der Waals surface area contributed by atoms with Crippen molar-refractivity contribution in [2.45, 2.75) is 65.0 Å². The zero-order valence-electron chi connectivity index (χ0n) is 19.8. The lowest BCUT2D eigenvalue weighted by atomic mass is 9.87. The van der Waals surface area contributed by atoms with Crippen molar-refractivity contribution < 1.29 is 9.90 Å². The van der Waals surface area contributed by atoms with Crippen LogP contribution in [0.5, 0.6) is 0 Å². The fraction of sp³-hybridized carbons (Fsp3) is 0.379. The van der Waals surface area contributed by atoms with Crippen LogP contribution in [0.25, 0.3) is 11.1 Å². The van der Waals surface area contributed by atoms with Gasteiger partial charge in [-0.25, -0.2) is 9.59 Å². The third kappa shape index (κ3) is 5.51. The van der Waals surface area contributed by atoms with Gasteiger partial charge in [0.15, 0.2) is 0 Å². The predicted octanol–water partition coefficient (Wildman–Crippen LogP) is 5.60. The van der Waals surface area contributed by atoms with Crippen molar-refractivity contribution in [3.05, 3.63) is 82.0 Å². The summed E-state index contributed by atoms with van der Waals surface area (Å²) in [5.74, 6) is 5.83. The summed E-state index contributed by atoms with van der Waals surface area (Å²) in [6, 6.07) is 14.8. The molecule has 0 atom stereocenters. The molecule has 1 aliphatic rings. The van der Waals surface area contributed by atoms with Gasteiger partial charge in [-0.1, -0.05) is 80.5 Å². The summed E-state index contributed by atoms with van der Waals surface area (Å²) in [6.07, 6.45) is 10.1. The molecule has 1 N–H and O–H groups in total. The molecule has 0 bridgehead atoms. The lowest BCUT2D eigenvalue weighted by Gasteiger charge is -2.21. The second-order valence-electron chi connectivity index (χ2n) is 9.13.